The molecule has 0 aliphatic heterocycles. The summed E-state index contributed by atoms with van der Waals surface area (Å²) < 4.78 is 38.2. The van der Waals surface area contributed by atoms with Gasteiger partial charge in [-0.2, -0.15) is 0 Å². The lowest BCUT2D eigenvalue weighted by Gasteiger charge is -2.26. The average Bonchev–Trinajstić information content (AvgIpc) is 3.03. The lowest BCUT2D eigenvalue weighted by Crippen LogP contribution is -2.49. The lowest BCUT2D eigenvalue weighted by molar-refractivity contribution is -0.160. The maximum absolute atomic E-state index is 14.0. The Hall–Kier alpha value is -4.81. The molecule has 0 unspecified atom stereocenters. The molecule has 0 saturated carbocycles. The van der Waals surface area contributed by atoms with Crippen LogP contribution < -0.4 is 24.8 Å². The number of hydrogen-bond donors (Lipinski definition) is 2. The molecule has 3 aromatic carbocycles. The molecule has 12 heteroatoms. The Morgan fingerprint density at radius 1 is 0.787 bits per heavy atom. The van der Waals surface area contributed by atoms with Gasteiger partial charge in [0.05, 0.1) is 27.4 Å². The minimum absolute atomic E-state index is 0.120. The van der Waals surface area contributed by atoms with Crippen molar-refractivity contribution in [2.24, 2.45) is 0 Å². The molecule has 0 heterocycles. The standard InChI is InChI=1S/C35H44N2O10/c1-23-27(42-6)14-11-15-28(23)46-30-21-25(16-17-29(30)43-7)31(37-34(40)47-35(2,3)4)32(38)36-26(20-24-12-9-8-10-13-24)33(39)45-22-44-19-18-41-5/h8-17,21,26,31H,18-20,22H2,1-7H3,(H,36,38)(H,37,40)/t26-,31-/m1/s1. The molecule has 2 N–H and O–H groups in total. The van der Waals surface area contributed by atoms with Gasteiger partial charge in [0.1, 0.15) is 29.2 Å². The van der Waals surface area contributed by atoms with Crippen LogP contribution in [-0.2, 0) is 35.0 Å². The summed E-state index contributed by atoms with van der Waals surface area (Å²) in [5, 5.41) is 5.40. The van der Waals surface area contributed by atoms with E-state index in [1.54, 1.807) is 58.2 Å². The second-order valence-electron chi connectivity index (χ2n) is 11.4. The van der Waals surface area contributed by atoms with Crippen molar-refractivity contribution in [3.05, 3.63) is 83.4 Å². The zero-order valence-corrected chi connectivity index (χ0v) is 27.9. The van der Waals surface area contributed by atoms with Crippen LogP contribution in [0.3, 0.4) is 0 Å². The second kappa shape index (κ2) is 17.8. The first-order chi connectivity index (χ1) is 22.4. The van der Waals surface area contributed by atoms with Crippen LogP contribution in [-0.4, -0.2) is 70.9 Å². The van der Waals surface area contributed by atoms with Crippen molar-refractivity contribution >= 4 is 18.0 Å². The fraction of sp³-hybridized carbons (Fsp3) is 0.400. The maximum atomic E-state index is 14.0. The normalized spacial score (nSPS) is 12.3. The molecular formula is C35H44N2O10. The van der Waals surface area contributed by atoms with Gasteiger partial charge in [-0.3, -0.25) is 4.79 Å². The summed E-state index contributed by atoms with van der Waals surface area (Å²) in [5.41, 5.74) is 1.02. The first kappa shape index (κ1) is 36.7. The van der Waals surface area contributed by atoms with E-state index in [4.69, 9.17) is 33.2 Å². The van der Waals surface area contributed by atoms with Crippen molar-refractivity contribution in [3.8, 4) is 23.0 Å². The van der Waals surface area contributed by atoms with Crippen LogP contribution in [0.5, 0.6) is 23.0 Å². The van der Waals surface area contributed by atoms with E-state index in [0.717, 1.165) is 11.1 Å². The lowest BCUT2D eigenvalue weighted by atomic mass is 10.0. The summed E-state index contributed by atoms with van der Waals surface area (Å²) in [6.45, 7) is 7.18. The third kappa shape index (κ3) is 11.5. The highest BCUT2D eigenvalue weighted by Gasteiger charge is 2.31. The van der Waals surface area contributed by atoms with Gasteiger partial charge in [0.15, 0.2) is 18.3 Å². The Labute approximate surface area is 275 Å². The van der Waals surface area contributed by atoms with E-state index in [1.165, 1.54) is 14.2 Å². The number of amides is 2. The molecule has 2 atom stereocenters. The van der Waals surface area contributed by atoms with Crippen molar-refractivity contribution in [1.29, 1.82) is 0 Å². The van der Waals surface area contributed by atoms with Gasteiger partial charge >= 0.3 is 12.1 Å². The first-order valence-corrected chi connectivity index (χ1v) is 15.0. The summed E-state index contributed by atoms with van der Waals surface area (Å²) in [5.74, 6) is 0.372. The van der Waals surface area contributed by atoms with Gasteiger partial charge in [0.2, 0.25) is 5.91 Å². The molecule has 0 bridgehead atoms. The number of benzene rings is 3. The maximum Gasteiger partial charge on any atom is 0.408 e. The minimum atomic E-state index is -1.31. The molecule has 254 valence electrons. The molecule has 0 spiro atoms. The predicted octanol–water partition coefficient (Wildman–Crippen LogP) is 5.26. The van der Waals surface area contributed by atoms with Crippen LogP contribution >= 0.6 is 0 Å². The van der Waals surface area contributed by atoms with Gasteiger partial charge in [-0.15, -0.1) is 0 Å². The summed E-state index contributed by atoms with van der Waals surface area (Å²) in [7, 11) is 4.58. The molecular weight excluding hydrogens is 608 g/mol. The summed E-state index contributed by atoms with van der Waals surface area (Å²) in [6.07, 6.45) is -0.720. The van der Waals surface area contributed by atoms with Crippen molar-refractivity contribution in [1.82, 2.24) is 10.6 Å². The number of hydrogen-bond acceptors (Lipinski definition) is 10. The molecule has 12 nitrogen and oxygen atoms in total. The molecule has 0 saturated heterocycles. The fourth-order valence-corrected chi connectivity index (χ4v) is 4.42. The highest BCUT2D eigenvalue weighted by molar-refractivity contribution is 5.91. The van der Waals surface area contributed by atoms with Gasteiger partial charge in [0, 0.05) is 19.1 Å². The van der Waals surface area contributed by atoms with Gasteiger partial charge in [-0.25, -0.2) is 9.59 Å². The average molecular weight is 653 g/mol. The zero-order valence-electron chi connectivity index (χ0n) is 27.9. The van der Waals surface area contributed by atoms with Crippen molar-refractivity contribution in [2.45, 2.75) is 51.8 Å². The van der Waals surface area contributed by atoms with E-state index >= 15 is 0 Å². The van der Waals surface area contributed by atoms with Gasteiger partial charge in [-0.1, -0.05) is 42.5 Å². The minimum Gasteiger partial charge on any atom is -0.496 e. The third-order valence-electron chi connectivity index (χ3n) is 6.72. The SMILES string of the molecule is COCCOCOC(=O)[C@@H](Cc1ccccc1)NC(=O)[C@H](NC(=O)OC(C)(C)C)c1ccc(OC)c(Oc2cccc(OC)c2C)c1. The Kier molecular flexibility index (Phi) is 13.9. The van der Waals surface area contributed by atoms with Crippen LogP contribution in [0.25, 0.3) is 0 Å². The third-order valence-corrected chi connectivity index (χ3v) is 6.72. The number of alkyl carbamates (subject to hydrolysis) is 1. The molecule has 3 rings (SSSR count). The van der Waals surface area contributed by atoms with E-state index in [9.17, 15) is 14.4 Å². The molecule has 47 heavy (non-hydrogen) atoms. The van der Waals surface area contributed by atoms with Gasteiger partial charge < -0.3 is 43.8 Å². The number of methoxy groups -OCH3 is 3. The van der Waals surface area contributed by atoms with Gasteiger partial charge in [0.25, 0.3) is 0 Å². The Morgan fingerprint density at radius 2 is 1.49 bits per heavy atom. The smallest absolute Gasteiger partial charge is 0.408 e. The number of carbonyl (C=O) groups excluding carboxylic acids is 3. The first-order valence-electron chi connectivity index (χ1n) is 15.0. The molecule has 0 aliphatic rings. The predicted molar refractivity (Wildman–Crippen MR) is 174 cm³/mol. The highest BCUT2D eigenvalue weighted by atomic mass is 16.7. The van der Waals surface area contributed by atoms with Crippen molar-refractivity contribution < 1.29 is 47.5 Å². The molecule has 0 fully saturated rings. The van der Waals surface area contributed by atoms with E-state index in [1.807, 2.05) is 43.3 Å². The molecule has 0 aromatic heterocycles. The quantitative estimate of drug-likeness (QED) is 0.120. The van der Waals surface area contributed by atoms with E-state index in [2.05, 4.69) is 10.6 Å². The zero-order chi connectivity index (χ0) is 34.4. The van der Waals surface area contributed by atoms with Crippen LogP contribution in [0, 0.1) is 6.92 Å². The van der Waals surface area contributed by atoms with Crippen LogP contribution in [0.2, 0.25) is 0 Å². The highest BCUT2D eigenvalue weighted by Crippen LogP contribution is 2.37. The van der Waals surface area contributed by atoms with E-state index in [0.29, 0.717) is 29.4 Å². The van der Waals surface area contributed by atoms with Crippen molar-refractivity contribution in [3.63, 3.8) is 0 Å². The van der Waals surface area contributed by atoms with Crippen molar-refractivity contribution in [2.75, 3.05) is 41.3 Å². The number of esters is 1. The van der Waals surface area contributed by atoms with E-state index < -0.39 is 35.7 Å². The fourth-order valence-electron chi connectivity index (χ4n) is 4.42. The van der Waals surface area contributed by atoms with E-state index in [-0.39, 0.29) is 25.6 Å². The Balaban J connectivity index is 1.96. The molecule has 2 amide bonds. The summed E-state index contributed by atoms with van der Waals surface area (Å²) in [4.78, 5) is 40.2. The van der Waals surface area contributed by atoms with Gasteiger partial charge in [-0.05, 0) is 63.1 Å². The van der Waals surface area contributed by atoms with Crippen LogP contribution in [0.15, 0.2) is 66.7 Å². The topological polar surface area (TPSA) is 140 Å². The second-order valence-corrected chi connectivity index (χ2v) is 11.4. The molecule has 3 aromatic rings. The number of nitrogens with one attached hydrogen (secondary N) is 2. The number of carbonyl (C=O) groups is 3. The monoisotopic (exact) mass is 652 g/mol. The van der Waals surface area contributed by atoms with Crippen LogP contribution in [0.1, 0.15) is 43.5 Å². The van der Waals surface area contributed by atoms with Crippen LogP contribution in [0.4, 0.5) is 4.79 Å². The summed E-state index contributed by atoms with van der Waals surface area (Å²) in [6, 6.07) is 16.9. The molecule has 0 aliphatic carbocycles. The molecule has 0 radical (unpaired) electrons. The Bertz CT molecular complexity index is 1470. The summed E-state index contributed by atoms with van der Waals surface area (Å²) >= 11 is 0. The Morgan fingerprint density at radius 3 is 2.15 bits per heavy atom. The number of rotatable bonds is 16. The number of ether oxygens (including phenoxy) is 7. The largest absolute Gasteiger partial charge is 0.496 e.